The van der Waals surface area contributed by atoms with Crippen molar-refractivity contribution in [1.82, 2.24) is 14.7 Å². The highest BCUT2D eigenvalue weighted by Crippen LogP contribution is 2.16. The topological polar surface area (TPSA) is 65.1 Å². The average molecular weight is 472 g/mol. The standard InChI is InChI=1S/C18H25IN4O3/c19-15-3-1-2-4-16(15)20-17(24)13-21-5-7-23(8-6-21)18(25)14-22-9-11-26-12-10-22/h1-4H,5-14H2,(H,20,24). The number of hydrogen-bond donors (Lipinski definition) is 1. The van der Waals surface area contributed by atoms with E-state index < -0.39 is 0 Å². The Labute approximate surface area is 167 Å². The number of amides is 2. The molecule has 2 aliphatic heterocycles. The molecule has 1 N–H and O–H groups in total. The Morgan fingerprint density at radius 3 is 2.31 bits per heavy atom. The highest BCUT2D eigenvalue weighted by molar-refractivity contribution is 14.1. The number of ether oxygens (including phenoxy) is 1. The Hall–Kier alpha value is -1.23. The molecular formula is C18H25IN4O3. The van der Waals surface area contributed by atoms with E-state index in [-0.39, 0.29) is 11.8 Å². The van der Waals surface area contributed by atoms with Crippen LogP contribution < -0.4 is 5.32 Å². The van der Waals surface area contributed by atoms with Crippen molar-refractivity contribution in [3.05, 3.63) is 27.8 Å². The molecule has 2 fully saturated rings. The molecule has 0 aliphatic carbocycles. The van der Waals surface area contributed by atoms with Gasteiger partial charge in [-0.25, -0.2) is 0 Å². The van der Waals surface area contributed by atoms with E-state index in [0.717, 1.165) is 35.4 Å². The molecule has 2 aliphatic rings. The molecule has 0 spiro atoms. The van der Waals surface area contributed by atoms with Gasteiger partial charge in [0.05, 0.1) is 32.0 Å². The number of anilines is 1. The van der Waals surface area contributed by atoms with Crippen LogP contribution >= 0.6 is 22.6 Å². The van der Waals surface area contributed by atoms with Crippen molar-refractivity contribution in [2.24, 2.45) is 0 Å². The summed E-state index contributed by atoms with van der Waals surface area (Å²) in [6.45, 7) is 6.70. The summed E-state index contributed by atoms with van der Waals surface area (Å²) in [6.07, 6.45) is 0. The van der Waals surface area contributed by atoms with Gasteiger partial charge in [0.15, 0.2) is 0 Å². The monoisotopic (exact) mass is 472 g/mol. The zero-order valence-corrected chi connectivity index (χ0v) is 17.0. The van der Waals surface area contributed by atoms with Crippen molar-refractivity contribution >= 4 is 40.1 Å². The summed E-state index contributed by atoms with van der Waals surface area (Å²) in [7, 11) is 0. The van der Waals surface area contributed by atoms with Crippen LogP contribution in [0.1, 0.15) is 0 Å². The number of carbonyl (C=O) groups is 2. The molecule has 1 aromatic rings. The number of rotatable bonds is 5. The van der Waals surface area contributed by atoms with Crippen LogP contribution in [-0.2, 0) is 14.3 Å². The number of piperazine rings is 1. The van der Waals surface area contributed by atoms with Crippen LogP contribution in [0.3, 0.4) is 0 Å². The number of nitrogens with zero attached hydrogens (tertiary/aromatic N) is 3. The lowest BCUT2D eigenvalue weighted by Crippen LogP contribution is -2.53. The van der Waals surface area contributed by atoms with Crippen LogP contribution in [0.25, 0.3) is 0 Å². The molecule has 0 aromatic heterocycles. The maximum Gasteiger partial charge on any atom is 0.238 e. The minimum atomic E-state index is -0.0118. The average Bonchev–Trinajstić information content (AvgIpc) is 2.65. The second-order valence-electron chi connectivity index (χ2n) is 6.57. The van der Waals surface area contributed by atoms with E-state index in [4.69, 9.17) is 4.74 Å². The summed E-state index contributed by atoms with van der Waals surface area (Å²) in [5, 5.41) is 2.96. The number of morpholine rings is 1. The first-order valence-electron chi connectivity index (χ1n) is 8.96. The third-order valence-electron chi connectivity index (χ3n) is 4.70. The van der Waals surface area contributed by atoms with E-state index in [9.17, 15) is 9.59 Å². The van der Waals surface area contributed by atoms with Gasteiger partial charge in [-0.15, -0.1) is 0 Å². The summed E-state index contributed by atoms with van der Waals surface area (Å²) < 4.78 is 6.34. The molecule has 0 unspecified atom stereocenters. The van der Waals surface area contributed by atoms with Crippen molar-refractivity contribution in [2.45, 2.75) is 0 Å². The fourth-order valence-corrected chi connectivity index (χ4v) is 3.68. The first-order chi connectivity index (χ1) is 12.6. The van der Waals surface area contributed by atoms with Crippen molar-refractivity contribution in [1.29, 1.82) is 0 Å². The highest BCUT2D eigenvalue weighted by atomic mass is 127. The van der Waals surface area contributed by atoms with E-state index >= 15 is 0 Å². The highest BCUT2D eigenvalue weighted by Gasteiger charge is 2.24. The SMILES string of the molecule is O=C(CN1CCN(C(=O)CN2CCOCC2)CC1)Nc1ccccc1I. The molecule has 1 aromatic carbocycles. The molecule has 142 valence electrons. The van der Waals surface area contributed by atoms with Gasteiger partial charge in [-0.05, 0) is 34.7 Å². The van der Waals surface area contributed by atoms with Crippen molar-refractivity contribution in [2.75, 3.05) is 70.9 Å². The van der Waals surface area contributed by atoms with E-state index in [1.54, 1.807) is 0 Å². The van der Waals surface area contributed by atoms with Crippen LogP contribution in [0.4, 0.5) is 5.69 Å². The van der Waals surface area contributed by atoms with Gasteiger partial charge in [0.1, 0.15) is 0 Å². The van der Waals surface area contributed by atoms with Gasteiger partial charge in [-0.1, -0.05) is 12.1 Å². The van der Waals surface area contributed by atoms with Gasteiger partial charge in [0.25, 0.3) is 0 Å². The summed E-state index contributed by atoms with van der Waals surface area (Å²) in [6, 6.07) is 7.73. The zero-order valence-electron chi connectivity index (χ0n) is 14.8. The summed E-state index contributed by atoms with van der Waals surface area (Å²) in [4.78, 5) is 30.8. The maximum atomic E-state index is 12.4. The molecule has 0 radical (unpaired) electrons. The smallest absolute Gasteiger partial charge is 0.238 e. The molecule has 2 saturated heterocycles. The quantitative estimate of drug-likeness (QED) is 0.640. The normalized spacial score (nSPS) is 19.3. The van der Waals surface area contributed by atoms with E-state index in [2.05, 4.69) is 37.7 Å². The maximum absolute atomic E-state index is 12.4. The van der Waals surface area contributed by atoms with Crippen LogP contribution in [0.2, 0.25) is 0 Å². The summed E-state index contributed by atoms with van der Waals surface area (Å²) in [5.41, 5.74) is 0.845. The molecule has 0 bridgehead atoms. The van der Waals surface area contributed by atoms with Crippen LogP contribution in [0.5, 0.6) is 0 Å². The first kappa shape index (κ1) is 19.5. The largest absolute Gasteiger partial charge is 0.379 e. The third-order valence-corrected chi connectivity index (χ3v) is 5.64. The molecule has 3 rings (SSSR count). The van der Waals surface area contributed by atoms with Crippen molar-refractivity contribution in [3.8, 4) is 0 Å². The van der Waals surface area contributed by atoms with Gasteiger partial charge < -0.3 is 15.0 Å². The number of benzene rings is 1. The van der Waals surface area contributed by atoms with Crippen LogP contribution in [-0.4, -0.2) is 92.1 Å². The minimum Gasteiger partial charge on any atom is -0.379 e. The fourth-order valence-electron chi connectivity index (χ4n) is 3.16. The molecule has 7 nitrogen and oxygen atoms in total. The van der Waals surface area contributed by atoms with E-state index in [1.165, 1.54) is 0 Å². The Morgan fingerprint density at radius 2 is 1.62 bits per heavy atom. The second-order valence-corrected chi connectivity index (χ2v) is 7.74. The fraction of sp³-hybridized carbons (Fsp3) is 0.556. The lowest BCUT2D eigenvalue weighted by atomic mass is 10.2. The molecule has 8 heteroatoms. The Bertz CT molecular complexity index is 629. The number of halogens is 1. The van der Waals surface area contributed by atoms with E-state index in [0.29, 0.717) is 39.4 Å². The predicted molar refractivity (Wildman–Crippen MR) is 108 cm³/mol. The minimum absolute atomic E-state index is 0.0118. The predicted octanol–water partition coefficient (Wildman–Crippen LogP) is 0.706. The number of para-hydroxylation sites is 1. The molecule has 2 amide bonds. The zero-order chi connectivity index (χ0) is 18.4. The molecular weight excluding hydrogens is 447 g/mol. The molecule has 2 heterocycles. The third kappa shape index (κ3) is 5.63. The van der Waals surface area contributed by atoms with Gasteiger partial charge >= 0.3 is 0 Å². The van der Waals surface area contributed by atoms with Crippen molar-refractivity contribution in [3.63, 3.8) is 0 Å². The van der Waals surface area contributed by atoms with Gasteiger partial charge in [-0.2, -0.15) is 0 Å². The molecule has 0 atom stereocenters. The van der Waals surface area contributed by atoms with Gasteiger partial charge in [0, 0.05) is 42.8 Å². The lowest BCUT2D eigenvalue weighted by molar-refractivity contribution is -0.135. The molecule has 0 saturated carbocycles. The molecule has 26 heavy (non-hydrogen) atoms. The Balaban J connectivity index is 1.39. The van der Waals surface area contributed by atoms with Crippen LogP contribution in [0, 0.1) is 3.57 Å². The first-order valence-corrected chi connectivity index (χ1v) is 10.0. The Kier molecular flexibility index (Phi) is 7.23. The number of hydrogen-bond acceptors (Lipinski definition) is 5. The second kappa shape index (κ2) is 9.63. The van der Waals surface area contributed by atoms with Gasteiger partial charge in [-0.3, -0.25) is 19.4 Å². The van der Waals surface area contributed by atoms with Crippen LogP contribution in [0.15, 0.2) is 24.3 Å². The number of carbonyl (C=O) groups excluding carboxylic acids is 2. The Morgan fingerprint density at radius 1 is 0.962 bits per heavy atom. The number of nitrogens with one attached hydrogen (secondary N) is 1. The lowest BCUT2D eigenvalue weighted by Gasteiger charge is -2.36. The van der Waals surface area contributed by atoms with E-state index in [1.807, 2.05) is 29.2 Å². The van der Waals surface area contributed by atoms with Gasteiger partial charge in [0.2, 0.25) is 11.8 Å². The summed E-state index contributed by atoms with van der Waals surface area (Å²) in [5.74, 6) is 0.164. The van der Waals surface area contributed by atoms with Crippen molar-refractivity contribution < 1.29 is 14.3 Å². The summed E-state index contributed by atoms with van der Waals surface area (Å²) >= 11 is 2.21.